The summed E-state index contributed by atoms with van der Waals surface area (Å²) in [7, 11) is 1.68. The molecule has 0 spiro atoms. The molecule has 0 radical (unpaired) electrons. The van der Waals surface area contributed by atoms with Gasteiger partial charge in [0.2, 0.25) is 11.8 Å². The van der Waals surface area contributed by atoms with Gasteiger partial charge in [-0.3, -0.25) is 19.7 Å². The van der Waals surface area contributed by atoms with Gasteiger partial charge in [-0.1, -0.05) is 30.8 Å². The van der Waals surface area contributed by atoms with E-state index >= 15 is 0 Å². The van der Waals surface area contributed by atoms with E-state index in [1.54, 1.807) is 17.7 Å². The van der Waals surface area contributed by atoms with Gasteiger partial charge in [0.05, 0.1) is 22.3 Å². The van der Waals surface area contributed by atoms with Crippen LogP contribution in [0.15, 0.2) is 53.7 Å². The molecule has 1 atom stereocenters. The quantitative estimate of drug-likeness (QED) is 0.276. The van der Waals surface area contributed by atoms with Crippen molar-refractivity contribution in [2.24, 2.45) is 7.05 Å². The van der Waals surface area contributed by atoms with Gasteiger partial charge in [-0.2, -0.15) is 0 Å². The fourth-order valence-electron chi connectivity index (χ4n) is 2.84. The Bertz CT molecular complexity index is 1170. The van der Waals surface area contributed by atoms with Gasteiger partial charge in [0.1, 0.15) is 11.6 Å². The number of thioether (sulfide) groups is 1. The number of benzene rings is 2. The number of halogens is 1. The topological polar surface area (TPSA) is 132 Å². The minimum absolute atomic E-state index is 0.0694. The Hall–Kier alpha value is -3.80. The minimum atomic E-state index is -0.537. The molecule has 2 amide bonds. The molecule has 10 nitrogen and oxygen atoms in total. The summed E-state index contributed by atoms with van der Waals surface area (Å²) in [6.45, 7) is 1.84. The second kappa shape index (κ2) is 10.7. The molecule has 33 heavy (non-hydrogen) atoms. The van der Waals surface area contributed by atoms with Crippen LogP contribution in [0.4, 0.5) is 21.5 Å². The van der Waals surface area contributed by atoms with E-state index in [1.807, 2.05) is 6.92 Å². The Balaban J connectivity index is 1.62. The highest BCUT2D eigenvalue weighted by Gasteiger charge is 2.23. The van der Waals surface area contributed by atoms with Crippen molar-refractivity contribution in [2.45, 2.75) is 30.2 Å². The Morgan fingerprint density at radius 1 is 1.15 bits per heavy atom. The number of carbonyl (C=O) groups excluding carboxylic acids is 2. The van der Waals surface area contributed by atoms with Crippen LogP contribution in [-0.2, 0) is 23.1 Å². The van der Waals surface area contributed by atoms with Gasteiger partial charge in [-0.05, 0) is 30.7 Å². The number of nitro benzene ring substituents is 1. The number of aromatic nitrogens is 3. The summed E-state index contributed by atoms with van der Waals surface area (Å²) in [6, 6.07) is 11.4. The van der Waals surface area contributed by atoms with E-state index in [4.69, 9.17) is 0 Å². The van der Waals surface area contributed by atoms with Crippen molar-refractivity contribution in [3.05, 3.63) is 70.3 Å². The molecular formula is C21H21FN6O4S. The second-order valence-electron chi connectivity index (χ2n) is 6.97. The van der Waals surface area contributed by atoms with E-state index in [9.17, 15) is 24.1 Å². The number of carbonyl (C=O) groups is 2. The van der Waals surface area contributed by atoms with Crippen LogP contribution in [0.1, 0.15) is 19.2 Å². The molecule has 0 aliphatic heterocycles. The SMILES string of the molecule is CCC(Sc1nnc(CC(=O)Nc2ccccc2F)n1C)C(=O)Nc1ccc([N+](=O)[O-])cc1. The summed E-state index contributed by atoms with van der Waals surface area (Å²) in [5.41, 5.74) is 0.446. The Kier molecular flexibility index (Phi) is 7.72. The molecule has 0 aliphatic carbocycles. The number of nitrogens with one attached hydrogen (secondary N) is 2. The predicted octanol–water partition coefficient (Wildman–Crippen LogP) is 3.55. The fraction of sp³-hybridized carbons (Fsp3) is 0.238. The summed E-state index contributed by atoms with van der Waals surface area (Å²) >= 11 is 1.18. The Morgan fingerprint density at radius 2 is 1.85 bits per heavy atom. The largest absolute Gasteiger partial charge is 0.325 e. The van der Waals surface area contributed by atoms with Gasteiger partial charge >= 0.3 is 0 Å². The molecule has 0 aliphatic rings. The number of nitrogens with zero attached hydrogens (tertiary/aromatic N) is 4. The number of para-hydroxylation sites is 1. The van der Waals surface area contributed by atoms with E-state index in [-0.39, 0.29) is 23.7 Å². The van der Waals surface area contributed by atoms with E-state index in [0.29, 0.717) is 23.1 Å². The van der Waals surface area contributed by atoms with Gasteiger partial charge < -0.3 is 15.2 Å². The summed E-state index contributed by atoms with van der Waals surface area (Å²) < 4.78 is 15.3. The third-order valence-corrected chi connectivity index (χ3v) is 6.05. The molecule has 2 N–H and O–H groups in total. The monoisotopic (exact) mass is 472 g/mol. The number of hydrogen-bond acceptors (Lipinski definition) is 7. The molecule has 0 saturated carbocycles. The van der Waals surface area contributed by atoms with Gasteiger partial charge in [0, 0.05) is 24.9 Å². The van der Waals surface area contributed by atoms with Crippen molar-refractivity contribution >= 4 is 40.6 Å². The van der Waals surface area contributed by atoms with E-state index in [1.165, 1.54) is 54.2 Å². The molecule has 2 aromatic carbocycles. The summed E-state index contributed by atoms with van der Waals surface area (Å²) in [6.07, 6.45) is 0.365. The first-order valence-electron chi connectivity index (χ1n) is 9.93. The standard InChI is InChI=1S/C21H21FN6O4S/c1-3-17(20(30)23-13-8-10-14(11-9-13)28(31)32)33-21-26-25-18(27(21)2)12-19(29)24-16-7-5-4-6-15(16)22/h4-11,17H,3,12H2,1-2H3,(H,23,30)(H,24,29). The van der Waals surface area contributed by atoms with Gasteiger partial charge in [0.15, 0.2) is 5.16 Å². The lowest BCUT2D eigenvalue weighted by molar-refractivity contribution is -0.384. The third-order valence-electron chi connectivity index (χ3n) is 4.65. The highest BCUT2D eigenvalue weighted by atomic mass is 32.2. The van der Waals surface area contributed by atoms with Crippen molar-refractivity contribution in [3.63, 3.8) is 0 Å². The van der Waals surface area contributed by atoms with Crippen LogP contribution < -0.4 is 10.6 Å². The molecule has 0 fully saturated rings. The lowest BCUT2D eigenvalue weighted by atomic mass is 10.2. The van der Waals surface area contributed by atoms with E-state index < -0.39 is 21.9 Å². The number of non-ortho nitro benzene ring substituents is 1. The number of anilines is 2. The molecule has 1 unspecified atom stereocenters. The van der Waals surface area contributed by atoms with Crippen molar-refractivity contribution in [1.29, 1.82) is 0 Å². The number of nitro groups is 1. The fourth-order valence-corrected chi connectivity index (χ4v) is 3.78. The zero-order valence-corrected chi connectivity index (χ0v) is 18.6. The molecule has 1 aromatic heterocycles. The van der Waals surface area contributed by atoms with Crippen LogP contribution in [0, 0.1) is 15.9 Å². The molecule has 0 saturated heterocycles. The average Bonchev–Trinajstić information content (AvgIpc) is 3.12. The molecule has 172 valence electrons. The van der Waals surface area contributed by atoms with Crippen molar-refractivity contribution < 1.29 is 18.9 Å². The molecule has 0 bridgehead atoms. The molecule has 1 heterocycles. The first-order chi connectivity index (χ1) is 15.8. The average molecular weight is 473 g/mol. The van der Waals surface area contributed by atoms with Crippen molar-refractivity contribution in [3.8, 4) is 0 Å². The normalized spacial score (nSPS) is 11.6. The predicted molar refractivity (Wildman–Crippen MR) is 121 cm³/mol. The maximum Gasteiger partial charge on any atom is 0.269 e. The zero-order valence-electron chi connectivity index (χ0n) is 17.8. The maximum absolute atomic E-state index is 13.7. The van der Waals surface area contributed by atoms with E-state index in [0.717, 1.165) is 0 Å². The minimum Gasteiger partial charge on any atom is -0.325 e. The van der Waals surface area contributed by atoms with Crippen LogP contribution in [0.5, 0.6) is 0 Å². The van der Waals surface area contributed by atoms with Gasteiger partial charge in [0.25, 0.3) is 5.69 Å². The molecular weight excluding hydrogens is 451 g/mol. The lowest BCUT2D eigenvalue weighted by Gasteiger charge is -2.14. The second-order valence-corrected chi connectivity index (χ2v) is 8.14. The van der Waals surface area contributed by atoms with Crippen molar-refractivity contribution in [2.75, 3.05) is 10.6 Å². The highest BCUT2D eigenvalue weighted by molar-refractivity contribution is 8.00. The first kappa shape index (κ1) is 23.9. The van der Waals surface area contributed by atoms with Crippen molar-refractivity contribution in [1.82, 2.24) is 14.8 Å². The lowest BCUT2D eigenvalue weighted by Crippen LogP contribution is -2.25. The molecule has 3 rings (SSSR count). The first-order valence-corrected chi connectivity index (χ1v) is 10.8. The number of amides is 2. The third kappa shape index (κ3) is 6.13. The zero-order chi connectivity index (χ0) is 24.0. The van der Waals surface area contributed by atoms with Crippen LogP contribution in [0.3, 0.4) is 0 Å². The highest BCUT2D eigenvalue weighted by Crippen LogP contribution is 2.26. The molecule has 3 aromatic rings. The number of hydrogen-bond donors (Lipinski definition) is 2. The summed E-state index contributed by atoms with van der Waals surface area (Å²) in [4.78, 5) is 35.2. The van der Waals surface area contributed by atoms with E-state index in [2.05, 4.69) is 20.8 Å². The van der Waals surface area contributed by atoms with Crippen LogP contribution in [0.25, 0.3) is 0 Å². The Labute approximate surface area is 192 Å². The smallest absolute Gasteiger partial charge is 0.269 e. The molecule has 12 heteroatoms. The number of rotatable bonds is 9. The maximum atomic E-state index is 13.7. The Morgan fingerprint density at radius 3 is 2.48 bits per heavy atom. The van der Waals surface area contributed by atoms with Gasteiger partial charge in [-0.15, -0.1) is 10.2 Å². The van der Waals surface area contributed by atoms with Crippen LogP contribution in [-0.4, -0.2) is 36.8 Å². The van der Waals surface area contributed by atoms with Crippen LogP contribution in [0.2, 0.25) is 0 Å². The van der Waals surface area contributed by atoms with Crippen LogP contribution >= 0.6 is 11.8 Å². The summed E-state index contributed by atoms with van der Waals surface area (Å²) in [5, 5.41) is 24.0. The summed E-state index contributed by atoms with van der Waals surface area (Å²) in [5.74, 6) is -0.921. The van der Waals surface area contributed by atoms with Gasteiger partial charge in [-0.25, -0.2) is 4.39 Å².